The number of aliphatic hydroxyl groups excluding tert-OH is 1. The molecule has 2 bridgehead atoms. The minimum atomic E-state index is -4.37. The second kappa shape index (κ2) is 8.93. The summed E-state index contributed by atoms with van der Waals surface area (Å²) in [6, 6.07) is 7.78. The van der Waals surface area contributed by atoms with Crippen LogP contribution in [-0.4, -0.2) is 50.9 Å². The van der Waals surface area contributed by atoms with E-state index in [9.17, 15) is 31.1 Å². The highest BCUT2D eigenvalue weighted by molar-refractivity contribution is 7.92. The van der Waals surface area contributed by atoms with Crippen LogP contribution in [0.3, 0.4) is 0 Å². The smallest absolute Gasteiger partial charge is 0.286 e. The molecule has 4 aliphatic rings. The fraction of sp³-hybridized carbons (Fsp3) is 0.360. The molecule has 2 aliphatic heterocycles. The SMILES string of the molecule is CS(=O)(=O)Nc1ccc2c(c1)S(=O)(=O)N=C(C1=C(O)C3C4CCC(C4)C3N(Cc3ccc(F)c(Cl)c3)C1=O)N2. The van der Waals surface area contributed by atoms with Crippen molar-refractivity contribution in [3.8, 4) is 0 Å². The molecule has 2 fully saturated rings. The van der Waals surface area contributed by atoms with Gasteiger partial charge in [-0.15, -0.1) is 4.40 Å². The van der Waals surface area contributed by atoms with E-state index in [1.807, 2.05) is 0 Å². The Bertz CT molecular complexity index is 1710. The van der Waals surface area contributed by atoms with Crippen molar-refractivity contribution in [1.82, 2.24) is 4.90 Å². The van der Waals surface area contributed by atoms with E-state index >= 15 is 0 Å². The Hall–Kier alpha value is -3.16. The van der Waals surface area contributed by atoms with Gasteiger partial charge in [0.25, 0.3) is 15.9 Å². The minimum Gasteiger partial charge on any atom is -0.511 e. The van der Waals surface area contributed by atoms with Crippen molar-refractivity contribution in [2.45, 2.75) is 36.7 Å². The lowest BCUT2D eigenvalue weighted by atomic mass is 9.77. The van der Waals surface area contributed by atoms with E-state index in [2.05, 4.69) is 14.4 Å². The van der Waals surface area contributed by atoms with Crippen molar-refractivity contribution in [3.05, 3.63) is 64.1 Å². The summed E-state index contributed by atoms with van der Waals surface area (Å²) in [5, 5.41) is 14.2. The predicted octanol–water partition coefficient (Wildman–Crippen LogP) is 3.63. The molecule has 0 saturated heterocycles. The third kappa shape index (κ3) is 4.45. The summed E-state index contributed by atoms with van der Waals surface area (Å²) in [7, 11) is -8.02. The van der Waals surface area contributed by atoms with Crippen molar-refractivity contribution in [3.63, 3.8) is 0 Å². The first-order valence-electron chi connectivity index (χ1n) is 12.2. The number of aliphatic hydroxyl groups is 1. The molecule has 2 heterocycles. The summed E-state index contributed by atoms with van der Waals surface area (Å²) in [4.78, 5) is 15.3. The van der Waals surface area contributed by atoms with Crippen molar-refractivity contribution in [1.29, 1.82) is 0 Å². The number of nitrogens with one attached hydrogen (secondary N) is 2. The number of carbonyl (C=O) groups is 1. The molecule has 0 radical (unpaired) electrons. The van der Waals surface area contributed by atoms with Gasteiger partial charge in [0.2, 0.25) is 10.0 Å². The number of fused-ring (bicyclic) bond motifs is 6. The van der Waals surface area contributed by atoms with Crippen LogP contribution in [0.25, 0.3) is 0 Å². The molecular formula is C25H24ClFN4O6S2. The Balaban J connectivity index is 1.41. The molecule has 0 spiro atoms. The van der Waals surface area contributed by atoms with Gasteiger partial charge in [-0.3, -0.25) is 9.52 Å². The van der Waals surface area contributed by atoms with Gasteiger partial charge in [0.05, 0.1) is 17.0 Å². The van der Waals surface area contributed by atoms with Crippen LogP contribution in [-0.2, 0) is 31.4 Å². The maximum Gasteiger partial charge on any atom is 0.286 e. The molecule has 2 aromatic carbocycles. The van der Waals surface area contributed by atoms with Crippen LogP contribution < -0.4 is 10.0 Å². The lowest BCUT2D eigenvalue weighted by Crippen LogP contribution is -2.53. The Labute approximate surface area is 229 Å². The average molecular weight is 595 g/mol. The molecule has 39 heavy (non-hydrogen) atoms. The number of hydrogen-bond donors (Lipinski definition) is 3. The lowest BCUT2D eigenvalue weighted by Gasteiger charge is -2.44. The minimum absolute atomic E-state index is 0.0324. The predicted molar refractivity (Wildman–Crippen MR) is 143 cm³/mol. The van der Waals surface area contributed by atoms with Crippen molar-refractivity contribution >= 4 is 54.8 Å². The van der Waals surface area contributed by atoms with Crippen LogP contribution in [0, 0.1) is 23.6 Å². The van der Waals surface area contributed by atoms with Crippen LogP contribution in [0.1, 0.15) is 24.8 Å². The third-order valence-corrected chi connectivity index (χ3v) is 10.1. The highest BCUT2D eigenvalue weighted by atomic mass is 35.5. The Kier molecular flexibility index (Phi) is 5.97. The van der Waals surface area contributed by atoms with Gasteiger partial charge in [0.1, 0.15) is 22.0 Å². The van der Waals surface area contributed by atoms with Gasteiger partial charge in [0.15, 0.2) is 5.84 Å². The van der Waals surface area contributed by atoms with Gasteiger partial charge in [-0.25, -0.2) is 12.8 Å². The molecule has 14 heteroatoms. The Morgan fingerprint density at radius 3 is 2.67 bits per heavy atom. The van der Waals surface area contributed by atoms with Gasteiger partial charge in [-0.1, -0.05) is 17.7 Å². The molecule has 1 amide bonds. The van der Waals surface area contributed by atoms with Crippen molar-refractivity contribution in [2.24, 2.45) is 22.2 Å². The van der Waals surface area contributed by atoms with Crippen LogP contribution in [0.15, 0.2) is 57.0 Å². The Morgan fingerprint density at radius 1 is 1.21 bits per heavy atom. The monoisotopic (exact) mass is 594 g/mol. The highest BCUT2D eigenvalue weighted by Crippen LogP contribution is 2.55. The number of sulfonamides is 2. The summed E-state index contributed by atoms with van der Waals surface area (Å²) in [6.07, 6.45) is 3.56. The van der Waals surface area contributed by atoms with Gasteiger partial charge in [-0.05, 0) is 67.0 Å². The number of halogens is 2. The van der Waals surface area contributed by atoms with Gasteiger partial charge in [-0.2, -0.15) is 8.42 Å². The Morgan fingerprint density at radius 2 is 1.95 bits per heavy atom. The van der Waals surface area contributed by atoms with Crippen LogP contribution in [0.4, 0.5) is 15.8 Å². The highest BCUT2D eigenvalue weighted by Gasteiger charge is 2.57. The fourth-order valence-electron chi connectivity index (χ4n) is 6.43. The van der Waals surface area contributed by atoms with Gasteiger partial charge >= 0.3 is 0 Å². The maximum absolute atomic E-state index is 14.0. The number of hydrogen-bond acceptors (Lipinski definition) is 7. The second-order valence-electron chi connectivity index (χ2n) is 10.4. The molecule has 2 aromatic rings. The maximum atomic E-state index is 14.0. The quantitative estimate of drug-likeness (QED) is 0.479. The topological polar surface area (TPSA) is 145 Å². The molecule has 2 saturated carbocycles. The number of nitrogens with zero attached hydrogens (tertiary/aromatic N) is 2. The van der Waals surface area contributed by atoms with Gasteiger partial charge < -0.3 is 15.3 Å². The fourth-order valence-corrected chi connectivity index (χ4v) is 8.34. The molecule has 4 unspecified atom stereocenters. The normalized spacial score (nSPS) is 27.1. The number of benzene rings is 2. The largest absolute Gasteiger partial charge is 0.511 e. The number of carbonyl (C=O) groups excluding carboxylic acids is 1. The zero-order chi connectivity index (χ0) is 27.9. The van der Waals surface area contributed by atoms with Crippen LogP contribution in [0.2, 0.25) is 5.02 Å². The molecule has 10 nitrogen and oxygen atoms in total. The van der Waals surface area contributed by atoms with Crippen LogP contribution >= 0.6 is 11.6 Å². The number of rotatable bonds is 5. The molecule has 0 aromatic heterocycles. The van der Waals surface area contributed by atoms with E-state index in [1.165, 1.54) is 30.3 Å². The molecule has 4 atom stereocenters. The van der Waals surface area contributed by atoms with Crippen molar-refractivity contribution in [2.75, 3.05) is 16.3 Å². The lowest BCUT2D eigenvalue weighted by molar-refractivity contribution is -0.134. The first-order chi connectivity index (χ1) is 18.3. The van der Waals surface area contributed by atoms with Gasteiger partial charge in [0, 0.05) is 24.2 Å². The zero-order valence-corrected chi connectivity index (χ0v) is 22.9. The van der Waals surface area contributed by atoms with E-state index in [0.717, 1.165) is 31.6 Å². The molecule has 3 N–H and O–H groups in total. The van der Waals surface area contributed by atoms with E-state index in [-0.39, 0.29) is 68.8 Å². The van der Waals surface area contributed by atoms with E-state index in [4.69, 9.17) is 11.6 Å². The van der Waals surface area contributed by atoms with E-state index in [0.29, 0.717) is 5.56 Å². The number of amidine groups is 1. The first kappa shape index (κ1) is 26.1. The third-order valence-electron chi connectivity index (χ3n) is 7.88. The van der Waals surface area contributed by atoms with Crippen molar-refractivity contribution < 1.29 is 31.1 Å². The number of amides is 1. The number of anilines is 2. The molecule has 2 aliphatic carbocycles. The van der Waals surface area contributed by atoms with Crippen LogP contribution in [0.5, 0.6) is 0 Å². The first-order valence-corrected chi connectivity index (χ1v) is 16.0. The summed E-state index contributed by atoms with van der Waals surface area (Å²) < 4.78 is 69.4. The zero-order valence-electron chi connectivity index (χ0n) is 20.6. The van der Waals surface area contributed by atoms with E-state index in [1.54, 1.807) is 4.90 Å². The standard InChI is InChI=1S/C25H24ClFN4O6S2/c1-38(34,35)29-15-5-7-18-19(10-15)39(36,37)30-24(28-18)21-23(32)20-13-3-4-14(9-13)22(20)31(25(21)33)11-12-2-6-17(27)16(26)8-12/h2,5-8,10,13-14,20,22,29,32H,3-4,9,11H2,1H3,(H,28,30). The molecule has 6 rings (SSSR count). The summed E-state index contributed by atoms with van der Waals surface area (Å²) in [5.74, 6) is -1.76. The van der Waals surface area contributed by atoms with E-state index < -0.39 is 31.8 Å². The molecular weight excluding hydrogens is 571 g/mol. The summed E-state index contributed by atoms with van der Waals surface area (Å²) in [5.41, 5.74) is 0.480. The molecule has 206 valence electrons. The second-order valence-corrected chi connectivity index (χ2v) is 14.1. The summed E-state index contributed by atoms with van der Waals surface area (Å²) >= 11 is 5.98. The average Bonchev–Trinajstić information content (AvgIpc) is 3.46. The summed E-state index contributed by atoms with van der Waals surface area (Å²) in [6.45, 7) is 0.0944.